The molecule has 0 aliphatic rings. The molecule has 2 heterocycles. The van der Waals surface area contributed by atoms with Gasteiger partial charge in [-0.3, -0.25) is 81.5 Å². The second-order valence-electron chi connectivity index (χ2n) is 30.3. The van der Waals surface area contributed by atoms with E-state index in [1.165, 1.54) is 30.5 Å². The number of aliphatic hydroxyl groups is 2. The van der Waals surface area contributed by atoms with Gasteiger partial charge in [0.15, 0.2) is 0 Å². The zero-order valence-corrected chi connectivity index (χ0v) is 72.5. The summed E-state index contributed by atoms with van der Waals surface area (Å²) in [5, 5.41) is 71.1. The van der Waals surface area contributed by atoms with Crippen molar-refractivity contribution in [3.05, 3.63) is 138 Å². The summed E-state index contributed by atoms with van der Waals surface area (Å²) in [7, 11) is 0. The SMILES string of the molecule is CC(=O)N[C@@H](CS)C(=O)N[C@@H](CCC(N)=O)C(=O)N[C@H](C(=O)N[C@@H](Cc1c[nH]c2ccccc12)C(=O)N[C@@H](CCC(N)=O)C(=O)N[C@@H](CS)C(=O)N[C@@H](Cc1ccc(O)cc1)C(=O)N[C@@H](Cc1c[nH]c2ccccc12)C(=O)N[C@@H](CCCNC(N)=O)C(=O)N[C@@H](C(=O)N[C@@H](Cc1ccccc1)C(=O)NCC(=O)NCCC(=O)N[C@H](CCCCN)C(N)=O)[C@H](C)O)[C@@H](C)O. The van der Waals surface area contributed by atoms with Crippen molar-refractivity contribution in [3.63, 3.8) is 0 Å². The Balaban J connectivity index is 1.27. The van der Waals surface area contributed by atoms with Gasteiger partial charge in [0.25, 0.3) is 0 Å². The summed E-state index contributed by atoms with van der Waals surface area (Å²) in [6.07, 6.45) is -3.24. The maximum Gasteiger partial charge on any atom is 0.312 e. The van der Waals surface area contributed by atoms with Crippen molar-refractivity contribution in [1.82, 2.24) is 89.7 Å². The molecule has 45 heteroatoms. The molecule has 0 bridgehead atoms. The first kappa shape index (κ1) is 103. The van der Waals surface area contributed by atoms with Gasteiger partial charge < -0.3 is 134 Å². The highest BCUT2D eigenvalue weighted by Crippen LogP contribution is 2.23. The summed E-state index contributed by atoms with van der Waals surface area (Å²) in [6.45, 7) is 2.67. The van der Waals surface area contributed by atoms with Gasteiger partial charge in [0, 0.05) is 111 Å². The maximum atomic E-state index is 15.3. The Labute approximate surface area is 746 Å². The van der Waals surface area contributed by atoms with E-state index in [0.29, 0.717) is 63.4 Å². The Hall–Kier alpha value is -13.4. The van der Waals surface area contributed by atoms with Gasteiger partial charge >= 0.3 is 6.03 Å². The van der Waals surface area contributed by atoms with Crippen molar-refractivity contribution in [2.24, 2.45) is 28.7 Å². The molecule has 6 aromatic rings. The number of phenolic OH excluding ortho intramolecular Hbond substituents is 1. The zero-order valence-electron chi connectivity index (χ0n) is 70.7. The van der Waals surface area contributed by atoms with Crippen molar-refractivity contribution >= 4 is 154 Å². The number of nitrogens with one attached hydrogen (secondary N) is 17. The lowest BCUT2D eigenvalue weighted by atomic mass is 10.0. The van der Waals surface area contributed by atoms with Gasteiger partial charge in [-0.1, -0.05) is 78.9 Å². The molecule has 0 unspecified atom stereocenters. The predicted molar refractivity (Wildman–Crippen MR) is 472 cm³/mol. The smallest absolute Gasteiger partial charge is 0.312 e. The number of aromatic nitrogens is 2. The van der Waals surface area contributed by atoms with Crippen LogP contribution in [-0.4, -0.2) is 254 Å². The van der Waals surface area contributed by atoms with E-state index in [1.54, 1.807) is 85.1 Å². The van der Waals surface area contributed by atoms with E-state index >= 15 is 9.59 Å². The van der Waals surface area contributed by atoms with Crippen LogP contribution in [0.25, 0.3) is 21.8 Å². The van der Waals surface area contributed by atoms with Gasteiger partial charge in [-0.2, -0.15) is 25.3 Å². The molecule has 2 aromatic heterocycles. The quantitative estimate of drug-likeness (QED) is 0.0125. The second-order valence-corrected chi connectivity index (χ2v) is 31.0. The number of benzene rings is 4. The van der Waals surface area contributed by atoms with Crippen LogP contribution in [0.1, 0.15) is 107 Å². The van der Waals surface area contributed by atoms with Gasteiger partial charge in [0.1, 0.15) is 78.3 Å². The van der Waals surface area contributed by atoms with Crippen molar-refractivity contribution in [3.8, 4) is 5.75 Å². The lowest BCUT2D eigenvalue weighted by Gasteiger charge is -2.29. The first-order valence-electron chi connectivity index (χ1n) is 41.1. The number of hydrogen-bond donors (Lipinski definition) is 27. The number of carbonyl (C=O) groups is 18. The average Bonchev–Trinajstić information content (AvgIpc) is 1.71. The number of aromatic amines is 2. The molecule has 6 rings (SSSR count). The molecule has 0 aliphatic heterocycles. The van der Waals surface area contributed by atoms with Crippen molar-refractivity contribution < 1.29 is 102 Å². The molecule has 43 nitrogen and oxygen atoms in total. The summed E-state index contributed by atoms with van der Waals surface area (Å²) < 4.78 is 0. The fourth-order valence-electron chi connectivity index (χ4n) is 13.3. The summed E-state index contributed by atoms with van der Waals surface area (Å²) in [5.41, 5.74) is 30.1. The largest absolute Gasteiger partial charge is 0.508 e. The van der Waals surface area contributed by atoms with Crippen molar-refractivity contribution in [2.75, 3.05) is 37.7 Å². The highest BCUT2D eigenvalue weighted by atomic mass is 32.1. The van der Waals surface area contributed by atoms with E-state index < -0.39 is 236 Å². The first-order chi connectivity index (χ1) is 60.9. The Kier molecular flexibility index (Phi) is 42.4. The molecule has 128 heavy (non-hydrogen) atoms. The minimum absolute atomic E-state index is 0.102. The van der Waals surface area contributed by atoms with E-state index in [-0.39, 0.29) is 69.5 Å². The molecule has 4 aromatic carbocycles. The lowest BCUT2D eigenvalue weighted by Crippen LogP contribution is -2.62. The molecule has 19 amide bonds. The van der Waals surface area contributed by atoms with Crippen LogP contribution in [0.5, 0.6) is 5.75 Å². The molecule has 0 radical (unpaired) electrons. The number of primary amides is 4. The molecule has 0 spiro atoms. The van der Waals surface area contributed by atoms with Crippen LogP contribution in [0.4, 0.5) is 4.79 Å². The van der Waals surface area contributed by atoms with Gasteiger partial charge in [-0.05, 0) is 112 Å². The molecular formula is C83H114N22O21S2. The Morgan fingerprint density at radius 2 is 0.766 bits per heavy atom. The van der Waals surface area contributed by atoms with Gasteiger partial charge in [-0.15, -0.1) is 0 Å². The van der Waals surface area contributed by atoms with Crippen LogP contribution >= 0.6 is 25.3 Å². The lowest BCUT2D eigenvalue weighted by molar-refractivity contribution is -0.137. The number of phenols is 1. The fourth-order valence-corrected chi connectivity index (χ4v) is 13.8. The number of nitrogens with two attached hydrogens (primary N) is 5. The number of hydrogen-bond acceptors (Lipinski definition) is 24. The zero-order chi connectivity index (χ0) is 94.3. The highest BCUT2D eigenvalue weighted by Gasteiger charge is 2.39. The predicted octanol–water partition coefficient (Wildman–Crippen LogP) is -5.70. The Morgan fingerprint density at radius 3 is 1.21 bits per heavy atom. The fraction of sp³-hybridized carbons (Fsp3) is 0.446. The van der Waals surface area contributed by atoms with Crippen LogP contribution in [0.2, 0.25) is 0 Å². The molecule has 0 saturated carbocycles. The van der Waals surface area contributed by atoms with E-state index in [9.17, 15) is 92.0 Å². The monoisotopic (exact) mass is 1820 g/mol. The number of aliphatic hydroxyl groups excluding tert-OH is 2. The van der Waals surface area contributed by atoms with E-state index in [0.717, 1.165) is 20.8 Å². The Morgan fingerprint density at radius 1 is 0.375 bits per heavy atom. The van der Waals surface area contributed by atoms with E-state index in [4.69, 9.17) is 28.7 Å². The van der Waals surface area contributed by atoms with E-state index in [1.807, 2.05) is 0 Å². The van der Waals surface area contributed by atoms with Gasteiger partial charge in [-0.25, -0.2) is 4.79 Å². The minimum Gasteiger partial charge on any atom is -0.508 e. The first-order valence-corrected chi connectivity index (χ1v) is 42.4. The molecular weight excluding hydrogens is 1710 g/mol. The summed E-state index contributed by atoms with van der Waals surface area (Å²) in [6, 6.07) is 6.66. The number of thiol groups is 2. The summed E-state index contributed by atoms with van der Waals surface area (Å²) >= 11 is 8.47. The number of fused-ring (bicyclic) bond motifs is 2. The third kappa shape index (κ3) is 34.5. The normalized spacial score (nSPS) is 14.4. The van der Waals surface area contributed by atoms with Crippen LogP contribution in [0.15, 0.2) is 116 Å². The number of para-hydroxylation sites is 2. The van der Waals surface area contributed by atoms with Crippen LogP contribution < -0.4 is 108 Å². The third-order valence-electron chi connectivity index (χ3n) is 20.2. The topological polar surface area (TPSA) is 710 Å². The second kappa shape index (κ2) is 52.5. The highest BCUT2D eigenvalue weighted by molar-refractivity contribution is 7.80. The number of urea groups is 1. The average molecular weight is 1820 g/mol. The number of amides is 19. The standard InChI is InChI=1S/C83H114N22O21S2/c1-43(106)69(81(124)101-59(34-46-14-5-4-6-15-46)72(115)93-40-68(113)89-33-30-67(112)95-55(71(87)114)20-11-12-31-84)104-74(117)56(21-13-32-90-83(88)126)96-77(120)61(36-48-38-91-53-18-9-7-16-51(48)53)100-76(119)60(35-47-22-24-50(109)25-23-47)99-80(123)64(42-128)103-73(116)57(26-28-65(85)110)97-78(121)62(37-49-39-92-54-19-10-8-17-52(49)54)102-82(125)70(44(2)107)105-75(118)58(27-29-66(86)111)98-79(122)63(41-127)94-45(3)108/h4-10,14-19,22-25,38-39,43-44,55-64,69-70,91-92,106-107,109,127-128H,11-13,20-21,26-37,40-42,84H2,1-3H3,(H2,85,110)(H2,86,111)(H2,87,114)(H,89,113)(H,93,115)(H,94,108)(H,95,112)(H,96,120)(H,97,121)(H,98,122)(H,99,123)(H,100,119)(H,101,124)(H,102,125)(H,103,116)(H,104,117)(H,105,118)(H3,88,90,126)/t43-,44+,55+,56-,57-,58-,59-,60-,61-,62-,63-,64-,69+,70-/m0/s1. The third-order valence-corrected chi connectivity index (χ3v) is 20.9. The van der Waals surface area contributed by atoms with Gasteiger partial charge in [0.05, 0.1) is 18.8 Å². The van der Waals surface area contributed by atoms with E-state index in [2.05, 4.69) is 115 Å². The maximum absolute atomic E-state index is 15.3. The molecule has 0 saturated heterocycles. The van der Waals surface area contributed by atoms with Crippen LogP contribution in [0.3, 0.4) is 0 Å². The van der Waals surface area contributed by atoms with Crippen LogP contribution in [-0.2, 0) is 107 Å². The molecule has 0 fully saturated rings. The molecule has 694 valence electrons. The van der Waals surface area contributed by atoms with Crippen molar-refractivity contribution in [1.29, 1.82) is 0 Å². The van der Waals surface area contributed by atoms with Crippen molar-refractivity contribution in [2.45, 2.75) is 195 Å². The minimum atomic E-state index is -1.93. The van der Waals surface area contributed by atoms with Gasteiger partial charge in [0.2, 0.25) is 100 Å². The summed E-state index contributed by atoms with van der Waals surface area (Å²) in [4.78, 5) is 252. The molecule has 14 atom stereocenters. The molecule has 0 aliphatic carbocycles. The number of unbranched alkanes of at least 4 members (excludes halogenated alkanes) is 1. The molecule has 30 N–H and O–H groups in total. The van der Waals surface area contributed by atoms with Crippen LogP contribution in [0, 0.1) is 0 Å². The number of carbonyl (C=O) groups excluding carboxylic acids is 18. The Bertz CT molecular complexity index is 4860. The number of rotatable bonds is 55. The number of aromatic hydroxyl groups is 1. The summed E-state index contributed by atoms with van der Waals surface area (Å²) in [5.74, 6) is -17.6. The number of H-pyrrole nitrogens is 2.